The number of hydrogen-bond donors (Lipinski definition) is 1. The quantitative estimate of drug-likeness (QED) is 0.316. The Morgan fingerprint density at radius 2 is 1.27 bits per heavy atom. The van der Waals surface area contributed by atoms with Crippen LogP contribution in [-0.2, 0) is 0 Å². The fourth-order valence-corrected chi connectivity index (χ4v) is 3.27. The Bertz CT molecular complexity index is 325. The van der Waals surface area contributed by atoms with Gasteiger partial charge in [0.05, 0.1) is 0 Å². The molecule has 1 unspecified atom stereocenters. The van der Waals surface area contributed by atoms with Gasteiger partial charge in [-0.05, 0) is 38.2 Å². The molecule has 0 rings (SSSR count). The Morgan fingerprint density at radius 1 is 0.818 bits per heavy atom. The van der Waals surface area contributed by atoms with Crippen LogP contribution in [0, 0.1) is 5.92 Å². The van der Waals surface area contributed by atoms with Crippen LogP contribution in [0.3, 0.4) is 0 Å². The van der Waals surface area contributed by atoms with Gasteiger partial charge in [-0.3, -0.25) is 4.99 Å². The van der Waals surface area contributed by atoms with E-state index in [9.17, 15) is 0 Å². The van der Waals surface area contributed by atoms with Crippen molar-refractivity contribution in [2.24, 2.45) is 16.6 Å². The molecule has 130 valence electrons. The molecule has 1 atom stereocenters. The van der Waals surface area contributed by atoms with Gasteiger partial charge in [0.15, 0.2) is 0 Å². The van der Waals surface area contributed by atoms with Crippen molar-refractivity contribution in [3.05, 3.63) is 11.3 Å². The topological polar surface area (TPSA) is 38.4 Å². The van der Waals surface area contributed by atoms with E-state index in [1.54, 1.807) is 0 Å². The van der Waals surface area contributed by atoms with Gasteiger partial charge in [-0.2, -0.15) is 0 Å². The molecule has 0 spiro atoms. The van der Waals surface area contributed by atoms with E-state index in [2.05, 4.69) is 25.8 Å². The fraction of sp³-hybridized carbons (Fsp3) is 0.850. The van der Waals surface area contributed by atoms with Crippen LogP contribution in [0.2, 0.25) is 0 Å². The molecule has 0 heterocycles. The number of rotatable bonds is 13. The zero-order chi connectivity index (χ0) is 16.8. The van der Waals surface area contributed by atoms with E-state index < -0.39 is 0 Å². The second-order valence-corrected chi connectivity index (χ2v) is 6.65. The normalized spacial score (nSPS) is 14.9. The van der Waals surface area contributed by atoms with E-state index in [-0.39, 0.29) is 0 Å². The summed E-state index contributed by atoms with van der Waals surface area (Å²) in [6, 6.07) is 0. The Kier molecular flexibility index (Phi) is 13.3. The van der Waals surface area contributed by atoms with Gasteiger partial charge in [0.25, 0.3) is 0 Å². The first-order valence-electron chi connectivity index (χ1n) is 9.48. The molecule has 0 aliphatic carbocycles. The van der Waals surface area contributed by atoms with Crippen molar-refractivity contribution in [2.75, 3.05) is 7.05 Å². The van der Waals surface area contributed by atoms with E-state index in [1.807, 2.05) is 14.0 Å². The summed E-state index contributed by atoms with van der Waals surface area (Å²) in [6.07, 6.45) is 14.6. The number of unbranched alkanes of at least 4 members (excludes halogenated alkanes) is 7. The molecule has 0 saturated heterocycles. The fourth-order valence-electron chi connectivity index (χ4n) is 3.27. The molecule has 0 aliphatic heterocycles. The monoisotopic (exact) mass is 308 g/mol. The number of nitrogens with two attached hydrogens (primary N) is 1. The molecule has 22 heavy (non-hydrogen) atoms. The molecule has 0 bridgehead atoms. The molecule has 2 N–H and O–H groups in total. The summed E-state index contributed by atoms with van der Waals surface area (Å²) in [5.41, 5.74) is 9.63. The second kappa shape index (κ2) is 13.8. The minimum Gasteiger partial charge on any atom is -0.402 e. The smallest absolute Gasteiger partial charge is 0.0365 e. The molecule has 0 fully saturated rings. The van der Waals surface area contributed by atoms with Crippen LogP contribution in [0.4, 0.5) is 0 Å². The molecule has 0 amide bonds. The summed E-state index contributed by atoms with van der Waals surface area (Å²) in [7, 11) is 1.88. The maximum atomic E-state index is 6.20. The van der Waals surface area contributed by atoms with Crippen molar-refractivity contribution in [3.63, 3.8) is 0 Å². The van der Waals surface area contributed by atoms with Crippen molar-refractivity contribution in [1.82, 2.24) is 0 Å². The minimum atomic E-state index is 0.604. The lowest BCUT2D eigenvalue weighted by atomic mass is 9.84. The predicted molar refractivity (Wildman–Crippen MR) is 102 cm³/mol. The third-order valence-electron chi connectivity index (χ3n) is 4.62. The van der Waals surface area contributed by atoms with Gasteiger partial charge >= 0.3 is 0 Å². The zero-order valence-corrected chi connectivity index (χ0v) is 15.9. The maximum Gasteiger partial charge on any atom is 0.0365 e. The van der Waals surface area contributed by atoms with E-state index >= 15 is 0 Å². The highest BCUT2D eigenvalue weighted by Crippen LogP contribution is 2.27. The molecular weight excluding hydrogens is 268 g/mol. The van der Waals surface area contributed by atoms with E-state index in [0.717, 1.165) is 11.4 Å². The Hall–Kier alpha value is -0.790. The van der Waals surface area contributed by atoms with Crippen molar-refractivity contribution in [3.8, 4) is 0 Å². The first-order chi connectivity index (χ1) is 10.6. The van der Waals surface area contributed by atoms with Gasteiger partial charge < -0.3 is 5.73 Å². The molecule has 2 heteroatoms. The van der Waals surface area contributed by atoms with Gasteiger partial charge in [0.1, 0.15) is 0 Å². The molecule has 0 radical (unpaired) electrons. The average molecular weight is 309 g/mol. The average Bonchev–Trinajstić information content (AvgIpc) is 2.50. The van der Waals surface area contributed by atoms with E-state index in [1.165, 1.54) is 76.2 Å². The Balaban J connectivity index is 4.64. The molecule has 0 aromatic rings. The summed E-state index contributed by atoms with van der Waals surface area (Å²) in [6.45, 7) is 8.70. The van der Waals surface area contributed by atoms with E-state index in [0.29, 0.717) is 5.92 Å². The lowest BCUT2D eigenvalue weighted by Gasteiger charge is -2.22. The second-order valence-electron chi connectivity index (χ2n) is 6.65. The van der Waals surface area contributed by atoms with Gasteiger partial charge in [0.2, 0.25) is 0 Å². The van der Waals surface area contributed by atoms with Crippen LogP contribution in [0.15, 0.2) is 16.3 Å². The van der Waals surface area contributed by atoms with Crippen LogP contribution in [-0.4, -0.2) is 12.8 Å². The lowest BCUT2D eigenvalue weighted by molar-refractivity contribution is 0.459. The van der Waals surface area contributed by atoms with Crippen LogP contribution in [0.1, 0.15) is 98.3 Å². The molecular formula is C20H40N2. The molecule has 0 saturated carbocycles. The first-order valence-corrected chi connectivity index (χ1v) is 9.48. The molecule has 0 aromatic heterocycles. The van der Waals surface area contributed by atoms with Crippen molar-refractivity contribution >= 4 is 5.71 Å². The van der Waals surface area contributed by atoms with Crippen LogP contribution in [0.5, 0.6) is 0 Å². The number of aliphatic imine (C=N–C) groups is 1. The Labute approximate surface area is 139 Å². The number of nitrogens with zero attached hydrogens (tertiary/aromatic N) is 1. The van der Waals surface area contributed by atoms with Gasteiger partial charge in [0, 0.05) is 18.5 Å². The van der Waals surface area contributed by atoms with Crippen molar-refractivity contribution < 1.29 is 0 Å². The molecule has 2 nitrogen and oxygen atoms in total. The number of hydrogen-bond acceptors (Lipinski definition) is 2. The SMILES string of the molecule is CCCCCCCC(CCCCCC)C(C(C)=NC)=C(C)N. The van der Waals surface area contributed by atoms with Crippen molar-refractivity contribution in [1.29, 1.82) is 0 Å². The summed E-state index contributed by atoms with van der Waals surface area (Å²) in [5.74, 6) is 0.604. The maximum absolute atomic E-state index is 6.20. The third-order valence-corrected chi connectivity index (χ3v) is 4.62. The summed E-state index contributed by atoms with van der Waals surface area (Å²) >= 11 is 0. The van der Waals surface area contributed by atoms with E-state index in [4.69, 9.17) is 5.73 Å². The predicted octanol–water partition coefficient (Wildman–Crippen LogP) is 6.26. The minimum absolute atomic E-state index is 0.604. The van der Waals surface area contributed by atoms with Gasteiger partial charge in [-0.1, -0.05) is 71.6 Å². The van der Waals surface area contributed by atoms with Crippen LogP contribution < -0.4 is 5.73 Å². The zero-order valence-electron chi connectivity index (χ0n) is 15.9. The van der Waals surface area contributed by atoms with Crippen LogP contribution in [0.25, 0.3) is 0 Å². The highest BCUT2D eigenvalue weighted by Gasteiger charge is 2.18. The highest BCUT2D eigenvalue weighted by atomic mass is 14.7. The summed E-state index contributed by atoms with van der Waals surface area (Å²) in [4.78, 5) is 4.41. The van der Waals surface area contributed by atoms with Gasteiger partial charge in [-0.25, -0.2) is 0 Å². The molecule has 0 aromatic carbocycles. The highest BCUT2D eigenvalue weighted by molar-refractivity contribution is 5.99. The number of allylic oxidation sites excluding steroid dienone is 2. The summed E-state index contributed by atoms with van der Waals surface area (Å²) in [5, 5.41) is 0. The third kappa shape index (κ3) is 9.27. The molecule has 0 aliphatic rings. The first kappa shape index (κ1) is 21.2. The summed E-state index contributed by atoms with van der Waals surface area (Å²) < 4.78 is 0. The van der Waals surface area contributed by atoms with Gasteiger partial charge in [-0.15, -0.1) is 0 Å². The lowest BCUT2D eigenvalue weighted by Crippen LogP contribution is -2.17. The van der Waals surface area contributed by atoms with Crippen molar-refractivity contribution in [2.45, 2.75) is 98.3 Å². The Morgan fingerprint density at radius 3 is 1.68 bits per heavy atom. The standard InChI is InChI=1S/C20H40N2/c1-6-8-10-12-14-16-19(15-13-11-9-7-2)20(17(3)21)18(4)22-5/h19H,6-16,21H2,1-5H3. The largest absolute Gasteiger partial charge is 0.402 e. The van der Waals surface area contributed by atoms with Crippen LogP contribution >= 0.6 is 0 Å².